The molecule has 72 valence electrons. The van der Waals surface area contributed by atoms with E-state index in [1.165, 1.54) is 11.3 Å². The highest BCUT2D eigenvalue weighted by atomic mass is 32.2. The van der Waals surface area contributed by atoms with Gasteiger partial charge in [0.25, 0.3) is 5.88 Å². The zero-order valence-corrected chi connectivity index (χ0v) is 8.82. The third kappa shape index (κ3) is 1.68. The number of nitrogens with zero attached hydrogens (tertiary/aromatic N) is 1. The van der Waals surface area contributed by atoms with Crippen molar-refractivity contribution in [1.29, 1.82) is 0 Å². The summed E-state index contributed by atoms with van der Waals surface area (Å²) in [6.07, 6.45) is 3.31. The summed E-state index contributed by atoms with van der Waals surface area (Å²) in [7, 11) is 0.476. The molecule has 2 heterocycles. The van der Waals surface area contributed by atoms with Gasteiger partial charge < -0.3 is 9.26 Å². The Bertz CT molecular complexity index is 298. The fourth-order valence-electron chi connectivity index (χ4n) is 1.50. The average Bonchev–Trinajstić information content (AvgIpc) is 2.49. The number of rotatable bonds is 2. The Labute approximate surface area is 80.8 Å². The number of aryl methyl sites for hydroxylation is 1. The highest BCUT2D eigenvalue weighted by Gasteiger charge is 2.29. The van der Waals surface area contributed by atoms with Gasteiger partial charge in [-0.2, -0.15) is 0 Å². The lowest BCUT2D eigenvalue weighted by Gasteiger charge is -2.09. The predicted octanol–water partition coefficient (Wildman–Crippen LogP) is 1.38. The van der Waals surface area contributed by atoms with Crippen molar-refractivity contribution in [1.82, 2.24) is 5.16 Å². The molecule has 0 saturated heterocycles. The number of fused-ring (bicyclic) bond motifs is 1. The van der Waals surface area contributed by atoms with E-state index in [9.17, 15) is 0 Å². The second-order valence-electron chi connectivity index (χ2n) is 3.20. The van der Waals surface area contributed by atoms with Crippen molar-refractivity contribution in [2.75, 3.05) is 18.6 Å². The van der Waals surface area contributed by atoms with Crippen molar-refractivity contribution in [2.24, 2.45) is 0 Å². The molecule has 1 aromatic heterocycles. The standard InChI is InChI=1S/C9H14NO2S/c1-3-11-9-7-6-13(2)5-4-8(7)12-10-9/h3-6H2,1-2H3/q+1. The van der Waals surface area contributed by atoms with Crippen LogP contribution >= 0.6 is 0 Å². The fraction of sp³-hybridized carbons (Fsp3) is 0.667. The van der Waals surface area contributed by atoms with E-state index in [0.29, 0.717) is 17.5 Å². The van der Waals surface area contributed by atoms with Gasteiger partial charge in [0.05, 0.1) is 19.3 Å². The van der Waals surface area contributed by atoms with Gasteiger partial charge >= 0.3 is 0 Å². The van der Waals surface area contributed by atoms with Crippen LogP contribution in [0.25, 0.3) is 0 Å². The maximum atomic E-state index is 5.39. The molecular weight excluding hydrogens is 186 g/mol. The average molecular weight is 200 g/mol. The monoisotopic (exact) mass is 200 g/mol. The Morgan fingerprint density at radius 3 is 3.23 bits per heavy atom. The molecule has 1 aliphatic rings. The highest BCUT2D eigenvalue weighted by molar-refractivity contribution is 7.95. The molecule has 0 radical (unpaired) electrons. The largest absolute Gasteiger partial charge is 0.475 e. The van der Waals surface area contributed by atoms with Crippen LogP contribution < -0.4 is 4.74 Å². The second-order valence-corrected chi connectivity index (χ2v) is 5.46. The molecule has 2 rings (SSSR count). The Kier molecular flexibility index (Phi) is 2.49. The quantitative estimate of drug-likeness (QED) is 0.676. The zero-order valence-electron chi connectivity index (χ0n) is 8.00. The summed E-state index contributed by atoms with van der Waals surface area (Å²) in [4.78, 5) is 0. The smallest absolute Gasteiger partial charge is 0.262 e. The molecule has 1 aliphatic heterocycles. The first-order valence-electron chi connectivity index (χ1n) is 4.50. The molecule has 1 aromatic rings. The topological polar surface area (TPSA) is 35.3 Å². The van der Waals surface area contributed by atoms with Gasteiger partial charge in [0.15, 0.2) is 5.76 Å². The van der Waals surface area contributed by atoms with Gasteiger partial charge in [-0.15, -0.1) is 0 Å². The number of hydrogen-bond donors (Lipinski definition) is 0. The van der Waals surface area contributed by atoms with Crippen LogP contribution in [-0.4, -0.2) is 23.8 Å². The maximum absolute atomic E-state index is 5.39. The maximum Gasteiger partial charge on any atom is 0.262 e. The first-order chi connectivity index (χ1) is 6.31. The lowest BCUT2D eigenvalue weighted by atomic mass is 10.2. The van der Waals surface area contributed by atoms with Crippen molar-refractivity contribution in [3.8, 4) is 5.88 Å². The number of ether oxygens (including phenoxy) is 1. The lowest BCUT2D eigenvalue weighted by Crippen LogP contribution is -2.17. The summed E-state index contributed by atoms with van der Waals surface area (Å²) < 4.78 is 10.6. The molecule has 3 nitrogen and oxygen atoms in total. The lowest BCUT2D eigenvalue weighted by molar-refractivity contribution is 0.289. The molecule has 4 heteroatoms. The molecule has 0 fully saturated rings. The molecule has 0 saturated carbocycles. The summed E-state index contributed by atoms with van der Waals surface area (Å²) in [6.45, 7) is 2.63. The van der Waals surface area contributed by atoms with Gasteiger partial charge in [-0.25, -0.2) is 0 Å². The van der Waals surface area contributed by atoms with Crippen molar-refractivity contribution >= 4 is 10.9 Å². The van der Waals surface area contributed by atoms with Gasteiger partial charge in [0.1, 0.15) is 17.1 Å². The zero-order chi connectivity index (χ0) is 9.26. The van der Waals surface area contributed by atoms with Crippen molar-refractivity contribution < 1.29 is 9.26 Å². The van der Waals surface area contributed by atoms with E-state index in [2.05, 4.69) is 11.4 Å². The van der Waals surface area contributed by atoms with E-state index in [0.717, 1.165) is 23.8 Å². The molecule has 0 spiro atoms. The van der Waals surface area contributed by atoms with Crippen LogP contribution in [0.1, 0.15) is 18.2 Å². The normalized spacial score (nSPS) is 21.2. The molecular formula is C9H14NO2S+. The SMILES string of the molecule is CCOc1noc2c1C[S+](C)CC2. The first kappa shape index (κ1) is 8.94. The van der Waals surface area contributed by atoms with E-state index in [4.69, 9.17) is 9.26 Å². The van der Waals surface area contributed by atoms with Gasteiger partial charge in [0, 0.05) is 0 Å². The molecule has 1 atom stereocenters. The van der Waals surface area contributed by atoms with Gasteiger partial charge in [-0.3, -0.25) is 0 Å². The summed E-state index contributed by atoms with van der Waals surface area (Å²) in [5.41, 5.74) is 1.21. The fourth-order valence-corrected chi connectivity index (χ4v) is 2.96. The molecule has 0 bridgehead atoms. The van der Waals surface area contributed by atoms with Gasteiger partial charge in [-0.1, -0.05) is 0 Å². The summed E-state index contributed by atoms with van der Waals surface area (Å²) in [6, 6.07) is 0. The third-order valence-corrected chi connectivity index (χ3v) is 3.87. The minimum atomic E-state index is 0.476. The van der Waals surface area contributed by atoms with Crippen LogP contribution in [0.2, 0.25) is 0 Å². The Morgan fingerprint density at radius 1 is 1.62 bits per heavy atom. The molecule has 0 N–H and O–H groups in total. The molecule has 0 aromatic carbocycles. The summed E-state index contributed by atoms with van der Waals surface area (Å²) in [5.74, 6) is 4.06. The number of aromatic nitrogens is 1. The summed E-state index contributed by atoms with van der Waals surface area (Å²) >= 11 is 0. The molecule has 1 unspecified atom stereocenters. The minimum Gasteiger partial charge on any atom is -0.475 e. The number of hydrogen-bond acceptors (Lipinski definition) is 3. The van der Waals surface area contributed by atoms with E-state index in [1.807, 2.05) is 6.92 Å². The molecule has 0 amide bonds. The van der Waals surface area contributed by atoms with Crippen molar-refractivity contribution in [2.45, 2.75) is 19.1 Å². The van der Waals surface area contributed by atoms with Gasteiger partial charge in [0.2, 0.25) is 0 Å². The minimum absolute atomic E-state index is 0.476. The van der Waals surface area contributed by atoms with Gasteiger partial charge in [-0.05, 0) is 23.0 Å². The van der Waals surface area contributed by atoms with Crippen molar-refractivity contribution in [3.63, 3.8) is 0 Å². The van der Waals surface area contributed by atoms with Crippen LogP contribution in [0, 0.1) is 0 Å². The van der Waals surface area contributed by atoms with E-state index >= 15 is 0 Å². The highest BCUT2D eigenvalue weighted by Crippen LogP contribution is 2.28. The Hall–Kier alpha value is -0.640. The second kappa shape index (κ2) is 3.62. The van der Waals surface area contributed by atoms with Crippen LogP contribution in [0.3, 0.4) is 0 Å². The molecule has 0 aliphatic carbocycles. The van der Waals surface area contributed by atoms with Crippen LogP contribution in [-0.2, 0) is 23.1 Å². The third-order valence-electron chi connectivity index (χ3n) is 2.18. The Morgan fingerprint density at radius 2 is 2.46 bits per heavy atom. The Balaban J connectivity index is 2.25. The van der Waals surface area contributed by atoms with Crippen LogP contribution in [0.15, 0.2) is 4.52 Å². The van der Waals surface area contributed by atoms with E-state index in [1.54, 1.807) is 0 Å². The molecule has 13 heavy (non-hydrogen) atoms. The first-order valence-corrected chi connectivity index (χ1v) is 6.47. The summed E-state index contributed by atoms with van der Waals surface area (Å²) in [5, 5.41) is 3.93. The predicted molar refractivity (Wildman–Crippen MR) is 53.2 cm³/mol. The van der Waals surface area contributed by atoms with Crippen LogP contribution in [0.5, 0.6) is 5.88 Å². The van der Waals surface area contributed by atoms with E-state index < -0.39 is 0 Å². The van der Waals surface area contributed by atoms with E-state index in [-0.39, 0.29) is 0 Å². The van der Waals surface area contributed by atoms with Crippen molar-refractivity contribution in [3.05, 3.63) is 11.3 Å². The van der Waals surface area contributed by atoms with Crippen LogP contribution in [0.4, 0.5) is 0 Å².